The molecule has 1 atom stereocenters. The van der Waals surface area contributed by atoms with Gasteiger partial charge >= 0.3 is 6.18 Å². The molecule has 1 aromatic rings. The zero-order valence-corrected chi connectivity index (χ0v) is 9.81. The highest BCUT2D eigenvalue weighted by Gasteiger charge is 2.26. The second kappa shape index (κ2) is 5.77. The molecule has 0 fully saturated rings. The van der Waals surface area contributed by atoms with Gasteiger partial charge in [-0.25, -0.2) is 0 Å². The number of nitrogens with one attached hydrogen (secondary N) is 1. The van der Waals surface area contributed by atoms with Gasteiger partial charge in [0, 0.05) is 11.8 Å². The van der Waals surface area contributed by atoms with Crippen molar-refractivity contribution in [1.29, 1.82) is 0 Å². The summed E-state index contributed by atoms with van der Waals surface area (Å²) in [5.41, 5.74) is 0. The lowest BCUT2D eigenvalue weighted by molar-refractivity contribution is -0.124. The van der Waals surface area contributed by atoms with Crippen LogP contribution in [0.15, 0.2) is 21.7 Å². The van der Waals surface area contributed by atoms with Crippen molar-refractivity contribution in [2.45, 2.75) is 22.6 Å². The molecule has 1 aromatic heterocycles. The van der Waals surface area contributed by atoms with Gasteiger partial charge in [-0.2, -0.15) is 13.2 Å². The van der Waals surface area contributed by atoms with Gasteiger partial charge in [0.15, 0.2) is 0 Å². The second-order valence-electron chi connectivity index (χ2n) is 3.11. The van der Waals surface area contributed by atoms with E-state index < -0.39 is 12.7 Å². The van der Waals surface area contributed by atoms with Crippen LogP contribution in [-0.4, -0.2) is 24.5 Å². The molecule has 0 bridgehead atoms. The van der Waals surface area contributed by atoms with Crippen molar-refractivity contribution in [3.8, 4) is 0 Å². The highest BCUT2D eigenvalue weighted by molar-refractivity contribution is 8.01. The molecule has 0 amide bonds. The lowest BCUT2D eigenvalue weighted by Gasteiger charge is -2.12. The molecule has 1 heterocycles. The highest BCUT2D eigenvalue weighted by Crippen LogP contribution is 2.27. The predicted octanol–water partition coefficient (Wildman–Crippen LogP) is 3.38. The molecule has 15 heavy (non-hydrogen) atoms. The standard InChI is InChI=1S/C9H12F3NS2/c1-7(5-13-6-9(10,11)12)15-8-3-2-4-14-8/h2-4,7,13H,5-6H2,1H3. The van der Waals surface area contributed by atoms with E-state index in [1.54, 1.807) is 23.1 Å². The summed E-state index contributed by atoms with van der Waals surface area (Å²) in [5.74, 6) is 0. The molecule has 0 spiro atoms. The Kier molecular flexibility index (Phi) is 4.95. The van der Waals surface area contributed by atoms with Crippen LogP contribution in [-0.2, 0) is 0 Å². The summed E-state index contributed by atoms with van der Waals surface area (Å²) in [5, 5.41) is 4.50. The average molecular weight is 255 g/mol. The molecule has 1 N–H and O–H groups in total. The third-order valence-electron chi connectivity index (χ3n) is 1.57. The summed E-state index contributed by atoms with van der Waals surface area (Å²) in [4.78, 5) is 0. The molecule has 1 unspecified atom stereocenters. The molecule has 0 aliphatic heterocycles. The second-order valence-corrected chi connectivity index (χ2v) is 5.79. The van der Waals surface area contributed by atoms with E-state index in [2.05, 4.69) is 5.32 Å². The van der Waals surface area contributed by atoms with E-state index >= 15 is 0 Å². The lowest BCUT2D eigenvalue weighted by atomic mass is 10.4. The van der Waals surface area contributed by atoms with Gasteiger partial charge in [-0.15, -0.1) is 23.1 Å². The third-order valence-corrected chi connectivity index (χ3v) is 3.75. The number of hydrogen-bond acceptors (Lipinski definition) is 3. The Morgan fingerprint density at radius 2 is 2.27 bits per heavy atom. The van der Waals surface area contributed by atoms with Crippen molar-refractivity contribution in [2.75, 3.05) is 13.1 Å². The molecule has 0 aromatic carbocycles. The molecule has 86 valence electrons. The average Bonchev–Trinajstić information content (AvgIpc) is 2.54. The van der Waals surface area contributed by atoms with Gasteiger partial charge in [-0.05, 0) is 11.4 Å². The summed E-state index contributed by atoms with van der Waals surface area (Å²) in [6.07, 6.45) is -4.12. The van der Waals surface area contributed by atoms with Crippen LogP contribution >= 0.6 is 23.1 Å². The first-order chi connectivity index (χ1) is 6.97. The van der Waals surface area contributed by atoms with Gasteiger partial charge in [-0.3, -0.25) is 0 Å². The minimum atomic E-state index is -4.12. The van der Waals surface area contributed by atoms with E-state index in [-0.39, 0.29) is 5.25 Å². The SMILES string of the molecule is CC(CNCC(F)(F)F)Sc1cccs1. The third kappa shape index (κ3) is 6.06. The normalized spacial score (nSPS) is 14.1. The van der Waals surface area contributed by atoms with Crippen molar-refractivity contribution in [1.82, 2.24) is 5.32 Å². The van der Waals surface area contributed by atoms with Gasteiger partial charge in [0.1, 0.15) is 0 Å². The van der Waals surface area contributed by atoms with Crippen molar-refractivity contribution in [3.63, 3.8) is 0 Å². The van der Waals surface area contributed by atoms with Crippen molar-refractivity contribution in [3.05, 3.63) is 17.5 Å². The van der Waals surface area contributed by atoms with E-state index in [1.807, 2.05) is 24.4 Å². The summed E-state index contributed by atoms with van der Waals surface area (Å²) in [6, 6.07) is 3.90. The molecule has 0 radical (unpaired) electrons. The highest BCUT2D eigenvalue weighted by atomic mass is 32.2. The zero-order chi connectivity index (χ0) is 11.3. The number of thiophene rings is 1. The number of alkyl halides is 3. The number of hydrogen-bond donors (Lipinski definition) is 1. The van der Waals surface area contributed by atoms with E-state index in [9.17, 15) is 13.2 Å². The minimum Gasteiger partial charge on any atom is -0.308 e. The fourth-order valence-electron chi connectivity index (χ4n) is 0.988. The Morgan fingerprint density at radius 1 is 1.53 bits per heavy atom. The van der Waals surface area contributed by atoms with E-state index in [4.69, 9.17) is 0 Å². The van der Waals surface area contributed by atoms with Crippen LogP contribution in [0.5, 0.6) is 0 Å². The van der Waals surface area contributed by atoms with Gasteiger partial charge < -0.3 is 5.32 Å². The summed E-state index contributed by atoms with van der Waals surface area (Å²) >= 11 is 3.19. The first kappa shape index (κ1) is 12.9. The molecule has 0 saturated heterocycles. The maximum Gasteiger partial charge on any atom is 0.401 e. The predicted molar refractivity (Wildman–Crippen MR) is 58.6 cm³/mol. The van der Waals surface area contributed by atoms with Crippen LogP contribution in [0.2, 0.25) is 0 Å². The first-order valence-corrected chi connectivity index (χ1v) is 6.21. The molecule has 0 aliphatic rings. The van der Waals surface area contributed by atoms with Crippen LogP contribution in [0, 0.1) is 0 Å². The quantitative estimate of drug-likeness (QED) is 0.809. The monoisotopic (exact) mass is 255 g/mol. The van der Waals surface area contributed by atoms with Crippen LogP contribution in [0.3, 0.4) is 0 Å². The molecule has 1 rings (SSSR count). The molecule has 1 nitrogen and oxygen atoms in total. The molecular formula is C9H12F3NS2. The Balaban J connectivity index is 2.17. The van der Waals surface area contributed by atoms with Crippen molar-refractivity contribution in [2.24, 2.45) is 0 Å². The molecule has 0 aliphatic carbocycles. The summed E-state index contributed by atoms with van der Waals surface area (Å²) in [6.45, 7) is 1.36. The Labute approximate surface area is 95.1 Å². The van der Waals surface area contributed by atoms with Crippen molar-refractivity contribution < 1.29 is 13.2 Å². The number of thioether (sulfide) groups is 1. The molecular weight excluding hydrogens is 243 g/mol. The summed E-state index contributed by atoms with van der Waals surface area (Å²) < 4.78 is 36.6. The van der Waals surface area contributed by atoms with Crippen molar-refractivity contribution >= 4 is 23.1 Å². The Morgan fingerprint density at radius 3 is 2.80 bits per heavy atom. The van der Waals surface area contributed by atoms with Gasteiger partial charge in [0.05, 0.1) is 10.8 Å². The van der Waals surface area contributed by atoms with Gasteiger partial charge in [0.2, 0.25) is 0 Å². The fourth-order valence-corrected chi connectivity index (χ4v) is 3.07. The summed E-state index contributed by atoms with van der Waals surface area (Å²) in [7, 11) is 0. The Hall–Kier alpha value is -0.200. The fraction of sp³-hybridized carbons (Fsp3) is 0.556. The van der Waals surface area contributed by atoms with Crippen LogP contribution in [0.25, 0.3) is 0 Å². The smallest absolute Gasteiger partial charge is 0.308 e. The van der Waals surface area contributed by atoms with E-state index in [0.29, 0.717) is 6.54 Å². The minimum absolute atomic E-state index is 0.144. The van der Waals surface area contributed by atoms with Gasteiger partial charge in [-0.1, -0.05) is 13.0 Å². The lowest BCUT2D eigenvalue weighted by Crippen LogP contribution is -2.32. The largest absolute Gasteiger partial charge is 0.401 e. The van der Waals surface area contributed by atoms with E-state index in [0.717, 1.165) is 4.21 Å². The topological polar surface area (TPSA) is 12.0 Å². The van der Waals surface area contributed by atoms with Gasteiger partial charge in [0.25, 0.3) is 0 Å². The van der Waals surface area contributed by atoms with E-state index in [1.165, 1.54) is 0 Å². The van der Waals surface area contributed by atoms with Crippen LogP contribution in [0.1, 0.15) is 6.92 Å². The zero-order valence-electron chi connectivity index (χ0n) is 8.17. The maximum atomic E-state index is 11.8. The van der Waals surface area contributed by atoms with Crippen LogP contribution in [0.4, 0.5) is 13.2 Å². The molecule has 6 heteroatoms. The number of rotatable bonds is 5. The maximum absolute atomic E-state index is 11.8. The number of halogens is 3. The Bertz CT molecular complexity index is 271. The van der Waals surface area contributed by atoms with Crippen LogP contribution < -0.4 is 5.32 Å². The molecule has 0 saturated carbocycles. The first-order valence-electron chi connectivity index (χ1n) is 4.45.